The molecule has 68 valence electrons. The quantitative estimate of drug-likeness (QED) is 0.335. The molecule has 0 aromatic carbocycles. The van der Waals surface area contributed by atoms with Crippen molar-refractivity contribution in [3.8, 4) is 0 Å². The molecule has 0 aliphatic rings. The zero-order valence-corrected chi connectivity index (χ0v) is 18.5. The molecule has 0 aliphatic heterocycles. The fourth-order valence-corrected chi connectivity index (χ4v) is 0. The van der Waals surface area contributed by atoms with E-state index in [-0.39, 0.29) is 123 Å². The van der Waals surface area contributed by atoms with Gasteiger partial charge in [-0.3, -0.25) is 0 Å². The minimum absolute atomic E-state index is 0. The van der Waals surface area contributed by atoms with E-state index in [0.29, 0.717) is 0 Å². The minimum atomic E-state index is -0.417. The van der Waals surface area contributed by atoms with E-state index in [2.05, 4.69) is 0 Å². The third kappa shape index (κ3) is 164. The van der Waals surface area contributed by atoms with Crippen molar-refractivity contribution >= 4 is 97.8 Å². The Bertz CT molecular complexity index is 37.0. The van der Waals surface area contributed by atoms with Gasteiger partial charge < -0.3 is 35.0 Å². The minimum Gasteiger partial charge on any atom is -1.00 e. The molecule has 0 saturated heterocycles. The van der Waals surface area contributed by atoms with Crippen LogP contribution in [0.2, 0.25) is 0 Å². The van der Waals surface area contributed by atoms with Crippen LogP contribution < -0.4 is 35.0 Å². The van der Waals surface area contributed by atoms with E-state index in [1.165, 1.54) is 0 Å². The molecule has 0 fully saturated rings. The molecule has 0 amide bonds. The molecule has 0 spiro atoms. The average molecular weight is 464 g/mol. The second-order valence-electron chi connectivity index (χ2n) is 2.10. The predicted octanol–water partition coefficient (Wildman–Crippen LogP) is -7.24. The van der Waals surface area contributed by atoms with Gasteiger partial charge in [-0.2, -0.15) is 0 Å². The van der Waals surface area contributed by atoms with Crippen LogP contribution in [0.25, 0.3) is 0 Å². The summed E-state index contributed by atoms with van der Waals surface area (Å²) in [5.74, 6) is 0. The normalized spacial score (nSPS) is 6.00. The van der Waals surface area contributed by atoms with Crippen LogP contribution in [0.1, 0.15) is 27.7 Å². The summed E-state index contributed by atoms with van der Waals surface area (Å²) in [5.41, 5.74) is 0. The monoisotopic (exact) mass is 464 g/mol. The molecule has 12 heavy (non-hydrogen) atoms. The van der Waals surface area contributed by atoms with Gasteiger partial charge in [0.05, 0.1) is 0 Å². The summed E-state index contributed by atoms with van der Waals surface area (Å²) in [6, 6.07) is 0. The van der Waals surface area contributed by atoms with E-state index in [9.17, 15) is 10.2 Å². The van der Waals surface area contributed by atoms with Crippen LogP contribution in [0.4, 0.5) is 0 Å². The van der Waals surface area contributed by atoms with Crippen molar-refractivity contribution < 1.29 is 35.0 Å². The molecule has 0 atom stereocenters. The Morgan fingerprint density at radius 2 is 0.667 bits per heavy atom. The SMILES string of the molecule is CC(C)[O-].CC(C)[O-].[Ba+2].[Ba+2].[Cl-].[Cl-]. The number of hydrogen-bond acceptors (Lipinski definition) is 2. The number of halogens is 2. The Morgan fingerprint density at radius 3 is 0.667 bits per heavy atom. The molecule has 0 bridgehead atoms. The van der Waals surface area contributed by atoms with Gasteiger partial charge in [0, 0.05) is 0 Å². The van der Waals surface area contributed by atoms with Crippen LogP contribution in [-0.4, -0.2) is 110 Å². The predicted molar refractivity (Wildman–Crippen MR) is 41.8 cm³/mol. The van der Waals surface area contributed by atoms with Crippen molar-refractivity contribution in [3.63, 3.8) is 0 Å². The topological polar surface area (TPSA) is 46.1 Å². The largest absolute Gasteiger partial charge is 2.00 e. The summed E-state index contributed by atoms with van der Waals surface area (Å²) in [7, 11) is 0. The Kier molecular flexibility index (Phi) is 88.1. The van der Waals surface area contributed by atoms with Crippen LogP contribution in [-0.2, 0) is 0 Å². The smallest absolute Gasteiger partial charge is 1.00 e. The summed E-state index contributed by atoms with van der Waals surface area (Å²) in [4.78, 5) is 0. The van der Waals surface area contributed by atoms with Gasteiger partial charge >= 0.3 is 97.8 Å². The molecular formula is C6H14Ba2Cl2O2. The van der Waals surface area contributed by atoms with E-state index in [4.69, 9.17) is 0 Å². The van der Waals surface area contributed by atoms with Gasteiger partial charge in [0.1, 0.15) is 0 Å². The Morgan fingerprint density at radius 1 is 0.667 bits per heavy atom. The van der Waals surface area contributed by atoms with Gasteiger partial charge in [0.15, 0.2) is 0 Å². The number of rotatable bonds is 0. The van der Waals surface area contributed by atoms with Crippen molar-refractivity contribution in [3.05, 3.63) is 0 Å². The molecule has 0 rings (SSSR count). The maximum atomic E-state index is 9.53. The molecule has 0 N–H and O–H groups in total. The zero-order chi connectivity index (χ0) is 7.15. The van der Waals surface area contributed by atoms with Crippen LogP contribution in [0.3, 0.4) is 0 Å². The van der Waals surface area contributed by atoms with Crippen LogP contribution in [0.15, 0.2) is 0 Å². The average Bonchev–Trinajstić information content (AvgIpc) is 1.25. The van der Waals surface area contributed by atoms with Gasteiger partial charge in [-0.15, -0.1) is 12.2 Å². The van der Waals surface area contributed by atoms with E-state index in [1.807, 2.05) is 0 Å². The summed E-state index contributed by atoms with van der Waals surface area (Å²) < 4.78 is 0. The van der Waals surface area contributed by atoms with Crippen molar-refractivity contribution in [2.24, 2.45) is 0 Å². The van der Waals surface area contributed by atoms with E-state index in [1.54, 1.807) is 27.7 Å². The van der Waals surface area contributed by atoms with Gasteiger partial charge in [0.25, 0.3) is 0 Å². The van der Waals surface area contributed by atoms with Gasteiger partial charge in [0.2, 0.25) is 0 Å². The van der Waals surface area contributed by atoms with Crippen LogP contribution in [0.5, 0.6) is 0 Å². The fourth-order valence-electron chi connectivity index (χ4n) is 0. The summed E-state index contributed by atoms with van der Waals surface area (Å²) in [5, 5.41) is 19.1. The van der Waals surface area contributed by atoms with Crippen molar-refractivity contribution in [2.75, 3.05) is 0 Å². The molecule has 0 aliphatic carbocycles. The summed E-state index contributed by atoms with van der Waals surface area (Å²) in [6.45, 7) is 6.44. The second-order valence-corrected chi connectivity index (χ2v) is 2.10. The molecule has 2 nitrogen and oxygen atoms in total. The van der Waals surface area contributed by atoms with Gasteiger partial charge in [-0.25, -0.2) is 0 Å². The first-order valence-corrected chi connectivity index (χ1v) is 2.78. The molecule has 0 aromatic rings. The van der Waals surface area contributed by atoms with Gasteiger partial charge in [-0.1, -0.05) is 27.7 Å². The third-order valence-corrected chi connectivity index (χ3v) is 0. The van der Waals surface area contributed by atoms with E-state index < -0.39 is 12.2 Å². The van der Waals surface area contributed by atoms with Crippen molar-refractivity contribution in [1.82, 2.24) is 0 Å². The standard InChI is InChI=1S/2C3H7O.2Ba.2ClH/c2*1-3(2)4;;;;/h2*3H,1-2H3;;;2*1H/q2*-1;2*+2;;/p-2. The van der Waals surface area contributed by atoms with Crippen LogP contribution >= 0.6 is 0 Å². The van der Waals surface area contributed by atoms with E-state index >= 15 is 0 Å². The fraction of sp³-hybridized carbons (Fsp3) is 1.00. The Balaban J connectivity index is -0.0000000112. The first kappa shape index (κ1) is 36.1. The zero-order valence-electron chi connectivity index (χ0n) is 8.14. The summed E-state index contributed by atoms with van der Waals surface area (Å²) in [6.07, 6.45) is -0.833. The molecule has 0 radical (unpaired) electrons. The third-order valence-electron chi connectivity index (χ3n) is 0. The Labute approximate surface area is 169 Å². The number of hydrogen-bond donors (Lipinski definition) is 0. The first-order chi connectivity index (χ1) is 3.46. The van der Waals surface area contributed by atoms with Crippen LogP contribution in [0, 0.1) is 0 Å². The Hall–Kier alpha value is 3.64. The molecule has 0 saturated carbocycles. The molecule has 0 unspecified atom stereocenters. The van der Waals surface area contributed by atoms with Crippen molar-refractivity contribution in [2.45, 2.75) is 39.9 Å². The molecule has 0 aromatic heterocycles. The van der Waals surface area contributed by atoms with E-state index in [0.717, 1.165) is 0 Å². The molecular weight excluding hydrogens is 450 g/mol. The molecule has 0 heterocycles. The van der Waals surface area contributed by atoms with Crippen molar-refractivity contribution in [1.29, 1.82) is 0 Å². The first-order valence-electron chi connectivity index (χ1n) is 2.78. The second kappa shape index (κ2) is 29.3. The maximum Gasteiger partial charge on any atom is 2.00 e. The molecule has 6 heteroatoms. The maximum absolute atomic E-state index is 9.53. The summed E-state index contributed by atoms with van der Waals surface area (Å²) >= 11 is 0. The van der Waals surface area contributed by atoms with Gasteiger partial charge in [-0.05, 0) is 0 Å².